The van der Waals surface area contributed by atoms with Gasteiger partial charge in [0, 0.05) is 50.1 Å². The van der Waals surface area contributed by atoms with Gasteiger partial charge in [-0.25, -0.2) is 14.1 Å². The van der Waals surface area contributed by atoms with E-state index in [9.17, 15) is 9.18 Å². The van der Waals surface area contributed by atoms with Crippen molar-refractivity contribution in [1.29, 1.82) is 0 Å². The lowest BCUT2D eigenvalue weighted by molar-refractivity contribution is -0.922. The number of H-pyrrole nitrogens is 1. The third-order valence-corrected chi connectivity index (χ3v) is 6.85. The summed E-state index contributed by atoms with van der Waals surface area (Å²) in [5, 5.41) is 6.30. The number of fused-ring (bicyclic) bond motifs is 1. The highest BCUT2D eigenvalue weighted by molar-refractivity contribution is 5.83. The molecule has 2 aromatic heterocycles. The molecule has 6 nitrogen and oxygen atoms in total. The van der Waals surface area contributed by atoms with Crippen LogP contribution in [0.5, 0.6) is 0 Å². The van der Waals surface area contributed by atoms with Gasteiger partial charge in [0.05, 0.1) is 24.2 Å². The van der Waals surface area contributed by atoms with Crippen LogP contribution in [0.3, 0.4) is 0 Å². The van der Waals surface area contributed by atoms with Crippen LogP contribution in [0.1, 0.15) is 23.4 Å². The van der Waals surface area contributed by atoms with Crippen molar-refractivity contribution in [3.05, 3.63) is 106 Å². The largest absolute Gasteiger partial charge is 1.00 e. The van der Waals surface area contributed by atoms with Gasteiger partial charge in [-0.15, -0.1) is 0 Å². The average Bonchev–Trinajstić information content (AvgIpc) is 2.89. The first-order valence-corrected chi connectivity index (χ1v) is 12.4. The Bertz CT molecular complexity index is 1330. The van der Waals surface area contributed by atoms with Crippen molar-refractivity contribution in [3.8, 4) is 0 Å². The predicted molar refractivity (Wildman–Crippen MR) is 134 cm³/mol. The molecule has 1 aliphatic rings. The molecule has 37 heavy (non-hydrogen) atoms. The first-order chi connectivity index (χ1) is 17.2. The minimum Gasteiger partial charge on any atom is -1.00 e. The van der Waals surface area contributed by atoms with Crippen molar-refractivity contribution in [3.63, 3.8) is 0 Å². The van der Waals surface area contributed by atoms with Crippen molar-refractivity contribution < 1.29 is 39.1 Å². The maximum absolute atomic E-state index is 13.3. The first-order valence-electron chi connectivity index (χ1n) is 12.4. The van der Waals surface area contributed by atoms with E-state index in [1.165, 1.54) is 17.8 Å². The normalized spacial score (nSPS) is 14.2. The Morgan fingerprint density at radius 1 is 0.892 bits per heavy atom. The standard InChI is InChI=1S/C28H30FN5O.2ClH/c29-23-11-9-22(10-12-23)20-27-25-7-1-2-8-26(25)28(35)34(31-27)15-5-14-32-16-18-33(19-17-32)21-24-6-3-4-13-30-24;;/h1-4,6-13H,5,14-21H2;2*1H. The lowest BCUT2D eigenvalue weighted by Crippen LogP contribution is -3.13. The minimum atomic E-state index is -0.252. The molecule has 196 valence electrons. The number of halogens is 3. The zero-order chi connectivity index (χ0) is 24.0. The smallest absolute Gasteiger partial charge is 0.274 e. The number of rotatable bonds is 8. The molecule has 0 radical (unpaired) electrons. The Balaban J connectivity index is 0.00000190. The molecular weight excluding hydrogens is 512 g/mol. The lowest BCUT2D eigenvalue weighted by atomic mass is 10.0. The summed E-state index contributed by atoms with van der Waals surface area (Å²) in [4.78, 5) is 20.5. The molecule has 1 saturated heterocycles. The molecule has 3 heterocycles. The monoisotopic (exact) mass is 543 g/mol. The number of aromatic amines is 1. The maximum atomic E-state index is 13.3. The van der Waals surface area contributed by atoms with Gasteiger partial charge in [0.25, 0.3) is 5.56 Å². The van der Waals surface area contributed by atoms with Crippen LogP contribution in [0.25, 0.3) is 10.8 Å². The molecular formula is C28H32Cl2FN5O. The number of hydrogen-bond acceptors (Lipinski definition) is 3. The Labute approximate surface area is 228 Å². The van der Waals surface area contributed by atoms with Crippen LogP contribution in [0.15, 0.2) is 77.7 Å². The molecule has 2 N–H and O–H groups in total. The van der Waals surface area contributed by atoms with E-state index in [2.05, 4.69) is 22.0 Å². The summed E-state index contributed by atoms with van der Waals surface area (Å²) >= 11 is 0. The molecule has 0 atom stereocenters. The second kappa shape index (κ2) is 13.6. The van der Waals surface area contributed by atoms with Crippen molar-refractivity contribution >= 4 is 10.8 Å². The number of hydrogen-bond donors (Lipinski definition) is 1. The molecule has 4 aromatic rings. The number of pyridine rings is 1. The molecule has 2 aromatic carbocycles. The van der Waals surface area contributed by atoms with Crippen molar-refractivity contribution in [2.45, 2.75) is 25.9 Å². The van der Waals surface area contributed by atoms with E-state index in [-0.39, 0.29) is 36.2 Å². The van der Waals surface area contributed by atoms with E-state index < -0.39 is 0 Å². The summed E-state index contributed by atoms with van der Waals surface area (Å²) in [6.07, 6.45) is 3.42. The summed E-state index contributed by atoms with van der Waals surface area (Å²) in [7, 11) is 0. The number of piperazine rings is 1. The zero-order valence-corrected chi connectivity index (χ0v) is 22.2. The summed E-state index contributed by atoms with van der Waals surface area (Å²) in [5.74, 6) is -0.252. The highest BCUT2D eigenvalue weighted by Gasteiger charge is 2.21. The fourth-order valence-electron chi connectivity index (χ4n) is 4.91. The fraction of sp³-hybridized carbons (Fsp3) is 0.321. The SMILES string of the molecule is O=c1c2ccccc2c(Cc2ccc(F)cc2)nn1CCCN1CC[NH+](Cc2cccc[nH+]2)CC1.[Cl-].[Cl-]. The summed E-state index contributed by atoms with van der Waals surface area (Å²) < 4.78 is 15.0. The second-order valence-electron chi connectivity index (χ2n) is 9.33. The van der Waals surface area contributed by atoms with Gasteiger partial charge in [-0.3, -0.25) is 9.69 Å². The third-order valence-electron chi connectivity index (χ3n) is 6.85. The van der Waals surface area contributed by atoms with Crippen LogP contribution in [-0.4, -0.2) is 47.4 Å². The molecule has 1 aliphatic heterocycles. The molecule has 0 aliphatic carbocycles. The number of aromatic nitrogens is 3. The Morgan fingerprint density at radius 3 is 2.30 bits per heavy atom. The molecule has 5 rings (SSSR count). The number of quaternary nitrogens is 1. The van der Waals surface area contributed by atoms with Gasteiger partial charge in [0.15, 0.2) is 12.7 Å². The van der Waals surface area contributed by atoms with E-state index in [4.69, 9.17) is 5.10 Å². The van der Waals surface area contributed by atoms with Crippen LogP contribution in [0, 0.1) is 5.82 Å². The van der Waals surface area contributed by atoms with Gasteiger partial charge in [-0.2, -0.15) is 5.10 Å². The third kappa shape index (κ3) is 7.36. The molecule has 1 fully saturated rings. The molecule has 0 bridgehead atoms. The highest BCUT2D eigenvalue weighted by atomic mass is 35.5. The zero-order valence-electron chi connectivity index (χ0n) is 20.7. The van der Waals surface area contributed by atoms with Crippen molar-refractivity contribution in [2.24, 2.45) is 0 Å². The molecule has 9 heteroatoms. The van der Waals surface area contributed by atoms with Gasteiger partial charge < -0.3 is 29.7 Å². The topological polar surface area (TPSA) is 56.7 Å². The van der Waals surface area contributed by atoms with Crippen LogP contribution >= 0.6 is 0 Å². The van der Waals surface area contributed by atoms with Gasteiger partial charge in [0.2, 0.25) is 5.69 Å². The average molecular weight is 545 g/mol. The van der Waals surface area contributed by atoms with Crippen LogP contribution < -0.4 is 40.3 Å². The number of nitrogens with one attached hydrogen (secondary N) is 2. The Kier molecular flexibility index (Phi) is 10.6. The van der Waals surface area contributed by atoms with Crippen LogP contribution in [-0.2, 0) is 19.5 Å². The van der Waals surface area contributed by atoms with E-state index in [1.54, 1.807) is 21.7 Å². The van der Waals surface area contributed by atoms with Crippen LogP contribution in [0.4, 0.5) is 4.39 Å². The van der Waals surface area contributed by atoms with E-state index in [0.717, 1.165) is 62.3 Å². The summed E-state index contributed by atoms with van der Waals surface area (Å²) in [6, 6.07) is 20.4. The molecule has 0 spiro atoms. The summed E-state index contributed by atoms with van der Waals surface area (Å²) in [6.45, 7) is 6.96. The van der Waals surface area contributed by atoms with Gasteiger partial charge in [-0.05, 0) is 36.2 Å². The molecule has 0 amide bonds. The first kappa shape index (κ1) is 28.7. The minimum absolute atomic E-state index is 0. The van der Waals surface area contributed by atoms with Gasteiger partial charge in [0.1, 0.15) is 5.82 Å². The van der Waals surface area contributed by atoms with E-state index in [1.807, 2.05) is 36.5 Å². The summed E-state index contributed by atoms with van der Waals surface area (Å²) in [5.41, 5.74) is 3.05. The predicted octanol–water partition coefficient (Wildman–Crippen LogP) is -4.26. The number of nitrogens with zero attached hydrogens (tertiary/aromatic N) is 3. The Morgan fingerprint density at radius 2 is 1.59 bits per heavy atom. The highest BCUT2D eigenvalue weighted by Crippen LogP contribution is 2.17. The van der Waals surface area contributed by atoms with Gasteiger partial charge >= 0.3 is 0 Å². The fourth-order valence-corrected chi connectivity index (χ4v) is 4.91. The van der Waals surface area contributed by atoms with Crippen molar-refractivity contribution in [2.75, 3.05) is 32.7 Å². The molecule has 0 unspecified atom stereocenters. The quantitative estimate of drug-likeness (QED) is 0.245. The second-order valence-corrected chi connectivity index (χ2v) is 9.33. The van der Waals surface area contributed by atoms with Gasteiger partial charge in [-0.1, -0.05) is 30.3 Å². The lowest BCUT2D eigenvalue weighted by Gasteiger charge is -2.31. The van der Waals surface area contributed by atoms with Crippen molar-refractivity contribution in [1.82, 2.24) is 14.7 Å². The Hall–Kier alpha value is -2.84. The van der Waals surface area contributed by atoms with Crippen LogP contribution in [0.2, 0.25) is 0 Å². The van der Waals surface area contributed by atoms with E-state index >= 15 is 0 Å². The van der Waals surface area contributed by atoms with E-state index in [0.29, 0.717) is 18.4 Å². The molecule has 0 saturated carbocycles. The number of aryl methyl sites for hydroxylation is 1. The number of benzene rings is 2. The maximum Gasteiger partial charge on any atom is 0.274 e.